The maximum Gasteiger partial charge on any atom is 0.254 e. The molecule has 0 unspecified atom stereocenters. The van der Waals surface area contributed by atoms with Gasteiger partial charge in [-0.2, -0.15) is 0 Å². The monoisotopic (exact) mass is 350 g/mol. The summed E-state index contributed by atoms with van der Waals surface area (Å²) in [6.45, 7) is 2.16. The van der Waals surface area contributed by atoms with E-state index >= 15 is 0 Å². The Labute approximate surface area is 150 Å². The molecule has 0 radical (unpaired) electrons. The average molecular weight is 350 g/mol. The summed E-state index contributed by atoms with van der Waals surface area (Å²) in [5.41, 5.74) is 2.99. The molecule has 1 fully saturated rings. The molecule has 2 amide bonds. The van der Waals surface area contributed by atoms with Crippen LogP contribution in [0.2, 0.25) is 0 Å². The van der Waals surface area contributed by atoms with Gasteiger partial charge in [0, 0.05) is 44.1 Å². The minimum absolute atomic E-state index is 0.0183. The van der Waals surface area contributed by atoms with E-state index in [2.05, 4.69) is 9.97 Å². The maximum absolute atomic E-state index is 12.6. The number of hydrogen-bond donors (Lipinski definition) is 0. The standard InChI is InChI=1S/C19H18N4O3/c24-18(12-14-1-2-16-17(11-14)26-13-21-16)22-7-9-23(10-8-22)19(25)15-3-5-20-6-4-15/h1-6,11,13H,7-10,12H2. The van der Waals surface area contributed by atoms with Crippen LogP contribution in [0.5, 0.6) is 0 Å². The molecule has 3 heterocycles. The van der Waals surface area contributed by atoms with Gasteiger partial charge in [0.2, 0.25) is 5.91 Å². The Balaban J connectivity index is 1.35. The van der Waals surface area contributed by atoms with Gasteiger partial charge in [0.05, 0.1) is 6.42 Å². The Hall–Kier alpha value is -3.22. The number of oxazole rings is 1. The van der Waals surface area contributed by atoms with E-state index in [0.29, 0.717) is 43.7 Å². The number of amides is 2. The highest BCUT2D eigenvalue weighted by Crippen LogP contribution is 2.16. The minimum atomic E-state index is -0.0183. The highest BCUT2D eigenvalue weighted by Gasteiger charge is 2.24. The molecular weight excluding hydrogens is 332 g/mol. The van der Waals surface area contributed by atoms with Crippen LogP contribution >= 0.6 is 0 Å². The lowest BCUT2D eigenvalue weighted by molar-refractivity contribution is -0.131. The summed E-state index contributed by atoms with van der Waals surface area (Å²) in [5.74, 6) is 0.0372. The minimum Gasteiger partial charge on any atom is -0.443 e. The van der Waals surface area contributed by atoms with Crippen LogP contribution in [0.1, 0.15) is 15.9 Å². The number of fused-ring (bicyclic) bond motifs is 1. The summed E-state index contributed by atoms with van der Waals surface area (Å²) < 4.78 is 5.28. The van der Waals surface area contributed by atoms with Gasteiger partial charge in [-0.3, -0.25) is 14.6 Å². The molecule has 1 aliphatic heterocycles. The summed E-state index contributed by atoms with van der Waals surface area (Å²) in [7, 11) is 0. The van der Waals surface area contributed by atoms with Gasteiger partial charge in [-0.25, -0.2) is 4.98 Å². The normalized spacial score (nSPS) is 14.6. The number of benzene rings is 1. The molecule has 26 heavy (non-hydrogen) atoms. The second-order valence-electron chi connectivity index (χ2n) is 6.24. The van der Waals surface area contributed by atoms with E-state index in [9.17, 15) is 9.59 Å². The lowest BCUT2D eigenvalue weighted by atomic mass is 10.1. The van der Waals surface area contributed by atoms with Gasteiger partial charge >= 0.3 is 0 Å². The highest BCUT2D eigenvalue weighted by atomic mass is 16.3. The smallest absolute Gasteiger partial charge is 0.254 e. The molecule has 1 saturated heterocycles. The SMILES string of the molecule is O=C(Cc1ccc2ncoc2c1)N1CCN(C(=O)c2ccncc2)CC1. The molecule has 7 heteroatoms. The van der Waals surface area contributed by atoms with Gasteiger partial charge in [0.1, 0.15) is 5.52 Å². The zero-order valence-corrected chi connectivity index (χ0v) is 14.2. The number of pyridine rings is 1. The first-order chi connectivity index (χ1) is 12.7. The molecule has 0 aliphatic carbocycles. The van der Waals surface area contributed by atoms with Crippen molar-refractivity contribution >= 4 is 22.9 Å². The van der Waals surface area contributed by atoms with Gasteiger partial charge < -0.3 is 14.2 Å². The van der Waals surface area contributed by atoms with E-state index in [1.54, 1.807) is 34.3 Å². The first-order valence-electron chi connectivity index (χ1n) is 8.50. The van der Waals surface area contributed by atoms with Gasteiger partial charge in [0.15, 0.2) is 12.0 Å². The fraction of sp³-hybridized carbons (Fsp3) is 0.263. The van der Waals surface area contributed by atoms with Crippen molar-refractivity contribution in [2.24, 2.45) is 0 Å². The predicted octanol–water partition coefficient (Wildman–Crippen LogP) is 1.75. The van der Waals surface area contributed by atoms with Gasteiger partial charge in [-0.15, -0.1) is 0 Å². The van der Waals surface area contributed by atoms with E-state index < -0.39 is 0 Å². The average Bonchev–Trinajstić information content (AvgIpc) is 3.16. The van der Waals surface area contributed by atoms with Gasteiger partial charge in [-0.1, -0.05) is 6.07 Å². The van der Waals surface area contributed by atoms with E-state index in [1.165, 1.54) is 6.39 Å². The summed E-state index contributed by atoms with van der Waals surface area (Å²) >= 11 is 0. The van der Waals surface area contributed by atoms with Crippen LogP contribution in [0, 0.1) is 0 Å². The number of hydrogen-bond acceptors (Lipinski definition) is 5. The Bertz CT molecular complexity index is 930. The summed E-state index contributed by atoms with van der Waals surface area (Å²) in [4.78, 5) is 36.6. The number of carbonyl (C=O) groups excluding carboxylic acids is 2. The van der Waals surface area contributed by atoms with Gasteiger partial charge in [-0.05, 0) is 29.8 Å². The molecule has 0 saturated carbocycles. The van der Waals surface area contributed by atoms with Crippen molar-refractivity contribution < 1.29 is 14.0 Å². The van der Waals surface area contributed by atoms with Crippen molar-refractivity contribution in [3.8, 4) is 0 Å². The van der Waals surface area contributed by atoms with Crippen molar-refractivity contribution in [2.45, 2.75) is 6.42 Å². The van der Waals surface area contributed by atoms with Crippen LogP contribution in [0.25, 0.3) is 11.1 Å². The fourth-order valence-corrected chi connectivity index (χ4v) is 3.13. The zero-order chi connectivity index (χ0) is 17.9. The van der Waals surface area contributed by atoms with Crippen molar-refractivity contribution in [2.75, 3.05) is 26.2 Å². The molecule has 0 bridgehead atoms. The van der Waals surface area contributed by atoms with E-state index in [-0.39, 0.29) is 11.8 Å². The van der Waals surface area contributed by atoms with Crippen LogP contribution in [-0.4, -0.2) is 57.8 Å². The lowest BCUT2D eigenvalue weighted by Crippen LogP contribution is -2.51. The summed E-state index contributed by atoms with van der Waals surface area (Å²) in [6, 6.07) is 9.02. The fourth-order valence-electron chi connectivity index (χ4n) is 3.13. The molecule has 132 valence electrons. The van der Waals surface area contributed by atoms with Crippen LogP contribution in [0.15, 0.2) is 53.5 Å². The summed E-state index contributed by atoms with van der Waals surface area (Å²) in [5, 5.41) is 0. The Morgan fingerprint density at radius 2 is 1.73 bits per heavy atom. The van der Waals surface area contributed by atoms with Crippen molar-refractivity contribution in [1.82, 2.24) is 19.8 Å². The van der Waals surface area contributed by atoms with Gasteiger partial charge in [0.25, 0.3) is 5.91 Å². The maximum atomic E-state index is 12.6. The van der Waals surface area contributed by atoms with E-state index in [4.69, 9.17) is 4.42 Å². The third-order valence-electron chi connectivity index (χ3n) is 4.60. The van der Waals surface area contributed by atoms with E-state index in [0.717, 1.165) is 11.1 Å². The van der Waals surface area contributed by atoms with Crippen LogP contribution < -0.4 is 0 Å². The highest BCUT2D eigenvalue weighted by molar-refractivity contribution is 5.94. The zero-order valence-electron chi connectivity index (χ0n) is 14.2. The Morgan fingerprint density at radius 1 is 1.00 bits per heavy atom. The number of nitrogens with zero attached hydrogens (tertiary/aromatic N) is 4. The predicted molar refractivity (Wildman–Crippen MR) is 94.4 cm³/mol. The quantitative estimate of drug-likeness (QED) is 0.719. The first kappa shape index (κ1) is 16.3. The Kier molecular flexibility index (Phi) is 4.35. The second kappa shape index (κ2) is 6.95. The third-order valence-corrected chi connectivity index (χ3v) is 4.60. The Morgan fingerprint density at radius 3 is 2.50 bits per heavy atom. The molecule has 1 aromatic carbocycles. The molecule has 0 N–H and O–H groups in total. The van der Waals surface area contributed by atoms with E-state index in [1.807, 2.05) is 18.2 Å². The third kappa shape index (κ3) is 3.28. The lowest BCUT2D eigenvalue weighted by Gasteiger charge is -2.35. The number of rotatable bonds is 3. The van der Waals surface area contributed by atoms with Crippen LogP contribution in [0.4, 0.5) is 0 Å². The molecule has 7 nitrogen and oxygen atoms in total. The van der Waals surface area contributed by atoms with Crippen LogP contribution in [0.3, 0.4) is 0 Å². The number of piperazine rings is 1. The summed E-state index contributed by atoms with van der Waals surface area (Å²) in [6.07, 6.45) is 4.93. The molecule has 0 atom stereocenters. The van der Waals surface area contributed by atoms with Crippen molar-refractivity contribution in [3.63, 3.8) is 0 Å². The largest absolute Gasteiger partial charge is 0.443 e. The molecule has 3 aromatic rings. The number of carbonyl (C=O) groups is 2. The molecule has 0 spiro atoms. The van der Waals surface area contributed by atoms with Crippen molar-refractivity contribution in [1.29, 1.82) is 0 Å². The first-order valence-corrected chi connectivity index (χ1v) is 8.50. The second-order valence-corrected chi connectivity index (χ2v) is 6.24. The molecule has 1 aliphatic rings. The molecule has 4 rings (SSSR count). The van der Waals surface area contributed by atoms with Crippen molar-refractivity contribution in [3.05, 3.63) is 60.2 Å². The topological polar surface area (TPSA) is 79.5 Å². The van der Waals surface area contributed by atoms with Crippen LogP contribution in [-0.2, 0) is 11.2 Å². The molecular formula is C19H18N4O3. The molecule has 2 aromatic heterocycles. The number of aromatic nitrogens is 2.